The van der Waals surface area contributed by atoms with Crippen LogP contribution in [0, 0.1) is 0 Å². The molecule has 0 unspecified atom stereocenters. The molecule has 0 radical (unpaired) electrons. The van der Waals surface area contributed by atoms with Crippen molar-refractivity contribution in [2.75, 3.05) is 6.54 Å². The summed E-state index contributed by atoms with van der Waals surface area (Å²) in [7, 11) is 0. The minimum Gasteiger partial charge on any atom is -0.453 e. The van der Waals surface area contributed by atoms with Gasteiger partial charge in [-0.3, -0.25) is 0 Å². The molecule has 3 aromatic rings. The van der Waals surface area contributed by atoms with Crippen LogP contribution >= 0.6 is 0 Å². The molecule has 2 aromatic heterocycles. The Morgan fingerprint density at radius 1 is 1.26 bits per heavy atom. The monoisotopic (exact) mass is 256 g/mol. The molecular formula is C15H16N2O2. The number of rotatable bonds is 5. The third kappa shape index (κ3) is 2.39. The summed E-state index contributed by atoms with van der Waals surface area (Å²) >= 11 is 0. The van der Waals surface area contributed by atoms with Crippen LogP contribution in [-0.4, -0.2) is 11.5 Å². The van der Waals surface area contributed by atoms with Crippen LogP contribution in [0.2, 0.25) is 0 Å². The Morgan fingerprint density at radius 2 is 2.16 bits per heavy atom. The maximum atomic E-state index is 5.80. The first-order valence-electron chi connectivity index (χ1n) is 6.50. The largest absolute Gasteiger partial charge is 0.453 e. The fourth-order valence-electron chi connectivity index (χ4n) is 2.07. The van der Waals surface area contributed by atoms with Crippen molar-refractivity contribution in [2.45, 2.75) is 19.9 Å². The normalized spacial score (nSPS) is 11.2. The lowest BCUT2D eigenvalue weighted by atomic mass is 10.2. The van der Waals surface area contributed by atoms with Crippen molar-refractivity contribution in [3.05, 3.63) is 42.4 Å². The summed E-state index contributed by atoms with van der Waals surface area (Å²) in [6, 6.07) is 9.91. The van der Waals surface area contributed by atoms with Gasteiger partial charge in [0.05, 0.1) is 0 Å². The molecule has 0 aliphatic rings. The van der Waals surface area contributed by atoms with Gasteiger partial charge in [0, 0.05) is 11.9 Å². The molecule has 3 rings (SSSR count). The topological polar surface area (TPSA) is 51.2 Å². The van der Waals surface area contributed by atoms with Gasteiger partial charge in [-0.15, -0.1) is 0 Å². The molecule has 19 heavy (non-hydrogen) atoms. The van der Waals surface area contributed by atoms with Crippen LogP contribution in [0.3, 0.4) is 0 Å². The Hall–Kier alpha value is -2.07. The van der Waals surface area contributed by atoms with Crippen molar-refractivity contribution >= 4 is 11.0 Å². The number of nitrogens with zero attached hydrogens (tertiary/aromatic N) is 1. The third-order valence-electron chi connectivity index (χ3n) is 3.01. The Morgan fingerprint density at radius 3 is 3.00 bits per heavy atom. The van der Waals surface area contributed by atoms with Crippen molar-refractivity contribution < 1.29 is 8.83 Å². The zero-order valence-corrected chi connectivity index (χ0v) is 10.8. The molecule has 0 spiro atoms. The van der Waals surface area contributed by atoms with Crippen LogP contribution in [0.1, 0.15) is 19.0 Å². The number of oxazole rings is 1. The van der Waals surface area contributed by atoms with Crippen LogP contribution < -0.4 is 5.32 Å². The van der Waals surface area contributed by atoms with E-state index in [0.717, 1.165) is 35.4 Å². The highest BCUT2D eigenvalue weighted by atomic mass is 16.4. The van der Waals surface area contributed by atoms with E-state index in [2.05, 4.69) is 17.2 Å². The Kier molecular flexibility index (Phi) is 3.33. The summed E-state index contributed by atoms with van der Waals surface area (Å²) in [6.45, 7) is 3.79. The SMILES string of the molecule is CCCNCc1ncoc1-c1cc2ccccc2o1. The molecule has 1 aromatic carbocycles. The number of para-hydroxylation sites is 1. The van der Waals surface area contributed by atoms with Gasteiger partial charge < -0.3 is 14.2 Å². The third-order valence-corrected chi connectivity index (χ3v) is 3.01. The molecular weight excluding hydrogens is 240 g/mol. The van der Waals surface area contributed by atoms with Crippen molar-refractivity contribution in [1.29, 1.82) is 0 Å². The van der Waals surface area contributed by atoms with Crippen molar-refractivity contribution in [2.24, 2.45) is 0 Å². The molecule has 2 heterocycles. The molecule has 0 aliphatic carbocycles. The van der Waals surface area contributed by atoms with Crippen LogP contribution in [0.25, 0.3) is 22.5 Å². The molecule has 4 nitrogen and oxygen atoms in total. The highest BCUT2D eigenvalue weighted by Crippen LogP contribution is 2.29. The summed E-state index contributed by atoms with van der Waals surface area (Å²) < 4.78 is 11.3. The standard InChI is InChI=1S/C15H16N2O2/c1-2-7-16-9-12-15(18-10-17-12)14-8-11-5-3-4-6-13(11)19-14/h3-6,8,10,16H,2,7,9H2,1H3. The number of hydrogen-bond donors (Lipinski definition) is 1. The quantitative estimate of drug-likeness (QED) is 0.709. The lowest BCUT2D eigenvalue weighted by Gasteiger charge is -2.00. The molecule has 4 heteroatoms. The Balaban J connectivity index is 1.91. The van der Waals surface area contributed by atoms with Crippen LogP contribution in [0.5, 0.6) is 0 Å². The van der Waals surface area contributed by atoms with Gasteiger partial charge in [-0.05, 0) is 25.1 Å². The lowest BCUT2D eigenvalue weighted by molar-refractivity contribution is 0.533. The minimum absolute atomic E-state index is 0.691. The van der Waals surface area contributed by atoms with E-state index < -0.39 is 0 Å². The smallest absolute Gasteiger partial charge is 0.194 e. The van der Waals surface area contributed by atoms with Gasteiger partial charge in [0.25, 0.3) is 0 Å². The van der Waals surface area contributed by atoms with E-state index in [9.17, 15) is 0 Å². The van der Waals surface area contributed by atoms with Crippen molar-refractivity contribution in [1.82, 2.24) is 10.3 Å². The minimum atomic E-state index is 0.691. The van der Waals surface area contributed by atoms with Gasteiger partial charge in [-0.1, -0.05) is 25.1 Å². The first-order valence-corrected chi connectivity index (χ1v) is 6.50. The molecule has 98 valence electrons. The highest BCUT2D eigenvalue weighted by molar-refractivity contribution is 5.82. The molecule has 0 saturated carbocycles. The summed E-state index contributed by atoms with van der Waals surface area (Å²) in [6.07, 6.45) is 2.56. The molecule has 0 bridgehead atoms. The molecule has 0 fully saturated rings. The number of furan rings is 1. The molecule has 0 amide bonds. The average molecular weight is 256 g/mol. The fraction of sp³-hybridized carbons (Fsp3) is 0.267. The van der Waals surface area contributed by atoms with Crippen LogP contribution in [-0.2, 0) is 6.54 Å². The average Bonchev–Trinajstić information content (AvgIpc) is 3.04. The zero-order valence-electron chi connectivity index (χ0n) is 10.8. The van der Waals surface area contributed by atoms with E-state index in [1.165, 1.54) is 6.39 Å². The van der Waals surface area contributed by atoms with E-state index in [-0.39, 0.29) is 0 Å². The summed E-state index contributed by atoms with van der Waals surface area (Å²) in [5.74, 6) is 1.44. The zero-order chi connectivity index (χ0) is 13.1. The predicted octanol–water partition coefficient (Wildman–Crippen LogP) is 3.59. The molecule has 0 atom stereocenters. The van der Waals surface area contributed by atoms with Gasteiger partial charge in [0.15, 0.2) is 17.9 Å². The van der Waals surface area contributed by atoms with Gasteiger partial charge in [0.2, 0.25) is 0 Å². The second kappa shape index (κ2) is 5.28. The van der Waals surface area contributed by atoms with E-state index >= 15 is 0 Å². The van der Waals surface area contributed by atoms with E-state index in [1.807, 2.05) is 30.3 Å². The summed E-state index contributed by atoms with van der Waals surface area (Å²) in [5, 5.41) is 4.39. The number of aromatic nitrogens is 1. The predicted molar refractivity (Wildman–Crippen MR) is 73.7 cm³/mol. The van der Waals surface area contributed by atoms with Gasteiger partial charge in [-0.2, -0.15) is 0 Å². The number of hydrogen-bond acceptors (Lipinski definition) is 4. The highest BCUT2D eigenvalue weighted by Gasteiger charge is 2.14. The number of benzene rings is 1. The summed E-state index contributed by atoms with van der Waals surface area (Å²) in [4.78, 5) is 4.25. The van der Waals surface area contributed by atoms with E-state index in [4.69, 9.17) is 8.83 Å². The van der Waals surface area contributed by atoms with Gasteiger partial charge in [-0.25, -0.2) is 4.98 Å². The van der Waals surface area contributed by atoms with E-state index in [1.54, 1.807) is 0 Å². The number of fused-ring (bicyclic) bond motifs is 1. The molecule has 0 aliphatic heterocycles. The first-order chi connectivity index (χ1) is 9.38. The first kappa shape index (κ1) is 12.0. The van der Waals surface area contributed by atoms with Gasteiger partial charge >= 0.3 is 0 Å². The fourth-order valence-corrected chi connectivity index (χ4v) is 2.07. The lowest BCUT2D eigenvalue weighted by Crippen LogP contribution is -2.14. The Labute approximate surface area is 111 Å². The Bertz CT molecular complexity index is 636. The maximum absolute atomic E-state index is 5.80. The van der Waals surface area contributed by atoms with Crippen molar-refractivity contribution in [3.63, 3.8) is 0 Å². The molecule has 1 N–H and O–H groups in total. The van der Waals surface area contributed by atoms with E-state index in [0.29, 0.717) is 12.3 Å². The van der Waals surface area contributed by atoms with Crippen molar-refractivity contribution in [3.8, 4) is 11.5 Å². The number of nitrogens with one attached hydrogen (secondary N) is 1. The second-order valence-corrected chi connectivity index (χ2v) is 4.45. The van der Waals surface area contributed by atoms with Crippen LogP contribution in [0.4, 0.5) is 0 Å². The molecule has 0 saturated heterocycles. The maximum Gasteiger partial charge on any atom is 0.194 e. The van der Waals surface area contributed by atoms with Gasteiger partial charge in [0.1, 0.15) is 11.3 Å². The second-order valence-electron chi connectivity index (χ2n) is 4.45. The summed E-state index contributed by atoms with van der Waals surface area (Å²) in [5.41, 5.74) is 1.74. The van der Waals surface area contributed by atoms with Crippen LogP contribution in [0.15, 0.2) is 45.6 Å².